The van der Waals surface area contributed by atoms with Crippen molar-refractivity contribution in [3.63, 3.8) is 0 Å². The summed E-state index contributed by atoms with van der Waals surface area (Å²) in [7, 11) is 1.46. The zero-order valence-corrected chi connectivity index (χ0v) is 10.0. The van der Waals surface area contributed by atoms with Crippen LogP contribution in [0.4, 0.5) is 0 Å². The minimum Gasteiger partial charge on any atom is -0.480 e. The molecule has 1 amide bonds. The van der Waals surface area contributed by atoms with Crippen LogP contribution in [0, 0.1) is 6.92 Å². The van der Waals surface area contributed by atoms with Gasteiger partial charge in [0.15, 0.2) is 5.82 Å². The lowest BCUT2D eigenvalue weighted by Gasteiger charge is -2.20. The molecule has 17 heavy (non-hydrogen) atoms. The molecule has 1 heterocycles. The average molecular weight is 241 g/mol. The summed E-state index contributed by atoms with van der Waals surface area (Å²) in [6, 6.07) is -0.841. The molecule has 0 saturated carbocycles. The van der Waals surface area contributed by atoms with Gasteiger partial charge in [-0.25, -0.2) is 4.79 Å². The Morgan fingerprint density at radius 3 is 2.65 bits per heavy atom. The van der Waals surface area contributed by atoms with Crippen molar-refractivity contribution < 1.29 is 19.2 Å². The number of aryl methyl sites for hydroxylation is 2. The van der Waals surface area contributed by atoms with E-state index >= 15 is 0 Å². The molecule has 1 N–H and O–H groups in total. The van der Waals surface area contributed by atoms with Crippen molar-refractivity contribution in [2.45, 2.75) is 32.7 Å². The van der Waals surface area contributed by atoms with Crippen LogP contribution in [0.15, 0.2) is 4.52 Å². The van der Waals surface area contributed by atoms with E-state index in [2.05, 4.69) is 10.1 Å². The zero-order valence-electron chi connectivity index (χ0n) is 10.0. The largest absolute Gasteiger partial charge is 0.480 e. The topological polar surface area (TPSA) is 96.5 Å². The summed E-state index contributed by atoms with van der Waals surface area (Å²) in [5.74, 6) is -0.405. The Labute approximate surface area is 98.4 Å². The quantitative estimate of drug-likeness (QED) is 0.793. The van der Waals surface area contributed by atoms with E-state index in [4.69, 9.17) is 9.63 Å². The summed E-state index contributed by atoms with van der Waals surface area (Å²) in [5.41, 5.74) is 0. The van der Waals surface area contributed by atoms with Gasteiger partial charge in [0.05, 0.1) is 0 Å². The molecule has 0 aliphatic rings. The minimum atomic E-state index is -1.03. The highest BCUT2D eigenvalue weighted by Crippen LogP contribution is 2.04. The Morgan fingerprint density at radius 1 is 1.53 bits per heavy atom. The van der Waals surface area contributed by atoms with Crippen molar-refractivity contribution in [1.29, 1.82) is 0 Å². The molecule has 1 atom stereocenters. The van der Waals surface area contributed by atoms with E-state index < -0.39 is 12.0 Å². The highest BCUT2D eigenvalue weighted by molar-refractivity contribution is 5.83. The third-order valence-electron chi connectivity index (χ3n) is 2.45. The van der Waals surface area contributed by atoms with E-state index in [1.807, 2.05) is 0 Å². The van der Waals surface area contributed by atoms with Crippen LogP contribution in [0.1, 0.15) is 25.1 Å². The Morgan fingerprint density at radius 2 is 2.18 bits per heavy atom. The number of carbonyl (C=O) groups is 2. The molecule has 94 valence electrons. The fourth-order valence-corrected chi connectivity index (χ4v) is 1.21. The number of likely N-dealkylation sites (N-methyl/N-ethyl adjacent to an activating group) is 1. The first kappa shape index (κ1) is 13.1. The third-order valence-corrected chi connectivity index (χ3v) is 2.45. The van der Waals surface area contributed by atoms with E-state index in [1.165, 1.54) is 18.9 Å². The smallest absolute Gasteiger partial charge is 0.326 e. The Hall–Kier alpha value is -1.92. The summed E-state index contributed by atoms with van der Waals surface area (Å²) in [4.78, 5) is 27.5. The van der Waals surface area contributed by atoms with Crippen LogP contribution in [-0.2, 0) is 16.0 Å². The summed E-state index contributed by atoms with van der Waals surface area (Å²) in [5, 5.41) is 12.4. The Balaban J connectivity index is 2.47. The maximum absolute atomic E-state index is 11.6. The number of rotatable bonds is 5. The van der Waals surface area contributed by atoms with Gasteiger partial charge in [-0.1, -0.05) is 5.16 Å². The van der Waals surface area contributed by atoms with E-state index in [0.29, 0.717) is 18.1 Å². The maximum atomic E-state index is 11.6. The fraction of sp³-hybridized carbons (Fsp3) is 0.600. The predicted octanol–water partition coefficient (Wildman–Crippen LogP) is 0.242. The number of aliphatic carboxylic acids is 1. The molecular weight excluding hydrogens is 226 g/mol. The van der Waals surface area contributed by atoms with Crippen LogP contribution < -0.4 is 0 Å². The summed E-state index contributed by atoms with van der Waals surface area (Å²) < 4.78 is 4.85. The van der Waals surface area contributed by atoms with Crippen molar-refractivity contribution >= 4 is 11.9 Å². The molecule has 0 radical (unpaired) electrons. The molecule has 0 bridgehead atoms. The SMILES string of the molecule is Cc1noc(CCC(=O)N(C)C(C)C(=O)O)n1. The lowest BCUT2D eigenvalue weighted by atomic mass is 10.2. The zero-order chi connectivity index (χ0) is 13.0. The molecule has 0 aromatic carbocycles. The molecular formula is C10H15N3O4. The predicted molar refractivity (Wildman–Crippen MR) is 57.2 cm³/mol. The van der Waals surface area contributed by atoms with Crippen LogP contribution in [0.25, 0.3) is 0 Å². The standard InChI is InChI=1S/C10H15N3O4/c1-6(10(15)16)13(3)9(14)5-4-8-11-7(2)12-17-8/h6H,4-5H2,1-3H3,(H,15,16). The van der Waals surface area contributed by atoms with Gasteiger partial charge in [-0.15, -0.1) is 0 Å². The van der Waals surface area contributed by atoms with Crippen LogP contribution >= 0.6 is 0 Å². The summed E-state index contributed by atoms with van der Waals surface area (Å²) in [6.45, 7) is 3.14. The number of nitrogens with zero attached hydrogens (tertiary/aromatic N) is 3. The number of carboxylic acid groups (broad SMARTS) is 1. The lowest BCUT2D eigenvalue weighted by molar-refractivity contribution is -0.148. The fourth-order valence-electron chi connectivity index (χ4n) is 1.21. The Kier molecular flexibility index (Phi) is 4.19. The van der Waals surface area contributed by atoms with Gasteiger partial charge < -0.3 is 14.5 Å². The van der Waals surface area contributed by atoms with Gasteiger partial charge in [0.1, 0.15) is 6.04 Å². The molecule has 0 aliphatic carbocycles. The van der Waals surface area contributed by atoms with Gasteiger partial charge in [-0.2, -0.15) is 4.98 Å². The summed E-state index contributed by atoms with van der Waals surface area (Å²) in [6.07, 6.45) is 0.464. The van der Waals surface area contributed by atoms with Gasteiger partial charge >= 0.3 is 5.97 Å². The third kappa shape index (κ3) is 3.54. The minimum absolute atomic E-state index is 0.149. The normalized spacial score (nSPS) is 12.2. The average Bonchev–Trinajstić information content (AvgIpc) is 2.69. The molecule has 1 unspecified atom stereocenters. The van der Waals surface area contributed by atoms with Crippen LogP contribution in [-0.4, -0.2) is 45.1 Å². The second-order valence-electron chi connectivity index (χ2n) is 3.75. The van der Waals surface area contributed by atoms with E-state index in [0.717, 1.165) is 0 Å². The van der Waals surface area contributed by atoms with Gasteiger partial charge in [0.2, 0.25) is 11.8 Å². The first-order valence-corrected chi connectivity index (χ1v) is 5.19. The van der Waals surface area contributed by atoms with Gasteiger partial charge in [0, 0.05) is 19.9 Å². The molecule has 0 aliphatic heterocycles. The first-order valence-electron chi connectivity index (χ1n) is 5.19. The molecule has 7 nitrogen and oxygen atoms in total. The molecule has 7 heteroatoms. The van der Waals surface area contributed by atoms with Crippen LogP contribution in [0.2, 0.25) is 0 Å². The number of carboxylic acids is 1. The number of amides is 1. The van der Waals surface area contributed by atoms with Gasteiger partial charge in [0.25, 0.3) is 0 Å². The highest BCUT2D eigenvalue weighted by atomic mass is 16.5. The van der Waals surface area contributed by atoms with E-state index in [9.17, 15) is 9.59 Å². The molecule has 0 saturated heterocycles. The lowest BCUT2D eigenvalue weighted by Crippen LogP contribution is -2.40. The van der Waals surface area contributed by atoms with Gasteiger partial charge in [-0.05, 0) is 13.8 Å². The van der Waals surface area contributed by atoms with Crippen molar-refractivity contribution in [3.8, 4) is 0 Å². The van der Waals surface area contributed by atoms with Gasteiger partial charge in [-0.3, -0.25) is 4.79 Å². The van der Waals surface area contributed by atoms with Crippen molar-refractivity contribution in [1.82, 2.24) is 15.0 Å². The summed E-state index contributed by atoms with van der Waals surface area (Å²) >= 11 is 0. The number of hydrogen-bond acceptors (Lipinski definition) is 5. The molecule has 1 aromatic rings. The molecule has 1 rings (SSSR count). The van der Waals surface area contributed by atoms with E-state index in [-0.39, 0.29) is 12.3 Å². The number of carbonyl (C=O) groups excluding carboxylic acids is 1. The molecule has 1 aromatic heterocycles. The van der Waals surface area contributed by atoms with Crippen LogP contribution in [0.3, 0.4) is 0 Å². The van der Waals surface area contributed by atoms with Crippen LogP contribution in [0.5, 0.6) is 0 Å². The molecule has 0 fully saturated rings. The van der Waals surface area contributed by atoms with Crippen molar-refractivity contribution in [2.24, 2.45) is 0 Å². The second-order valence-corrected chi connectivity index (χ2v) is 3.75. The Bertz CT molecular complexity index is 415. The number of hydrogen-bond donors (Lipinski definition) is 1. The number of aromatic nitrogens is 2. The highest BCUT2D eigenvalue weighted by Gasteiger charge is 2.21. The van der Waals surface area contributed by atoms with Crippen molar-refractivity contribution in [2.75, 3.05) is 7.05 Å². The van der Waals surface area contributed by atoms with Crippen molar-refractivity contribution in [3.05, 3.63) is 11.7 Å². The monoisotopic (exact) mass is 241 g/mol. The molecule has 0 spiro atoms. The van der Waals surface area contributed by atoms with E-state index in [1.54, 1.807) is 6.92 Å². The maximum Gasteiger partial charge on any atom is 0.326 e. The first-order chi connectivity index (χ1) is 7.91. The second kappa shape index (κ2) is 5.42.